The molecule has 1 aromatic rings. The molecule has 0 amide bonds. The largest absolute Gasteiger partial charge is 0.481 e. The molecular weight excluding hydrogens is 184 g/mol. The maximum Gasteiger partial charge on any atom is 0.307 e. The molecule has 0 bridgehead atoms. The van der Waals surface area contributed by atoms with Gasteiger partial charge in [-0.3, -0.25) is 4.79 Å². The molecule has 0 aromatic carbocycles. The number of rotatable bonds is 2. The minimum absolute atomic E-state index is 0.181. The van der Waals surface area contributed by atoms with Crippen LogP contribution in [-0.2, 0) is 4.79 Å². The van der Waals surface area contributed by atoms with Crippen LogP contribution in [0, 0.1) is 5.92 Å². The molecule has 0 fully saturated rings. The lowest BCUT2D eigenvalue weighted by molar-refractivity contribution is -0.142. The van der Waals surface area contributed by atoms with Gasteiger partial charge < -0.3 is 9.63 Å². The van der Waals surface area contributed by atoms with Gasteiger partial charge in [0.15, 0.2) is 6.33 Å². The van der Waals surface area contributed by atoms with Gasteiger partial charge in [0.1, 0.15) is 0 Å². The van der Waals surface area contributed by atoms with Gasteiger partial charge >= 0.3 is 5.97 Å². The summed E-state index contributed by atoms with van der Waals surface area (Å²) >= 11 is 0. The highest BCUT2D eigenvalue weighted by molar-refractivity contribution is 5.71. The van der Waals surface area contributed by atoms with Gasteiger partial charge in [0.05, 0.1) is 11.8 Å². The van der Waals surface area contributed by atoms with Gasteiger partial charge in [-0.2, -0.15) is 4.98 Å². The summed E-state index contributed by atoms with van der Waals surface area (Å²) in [6.45, 7) is 0. The topological polar surface area (TPSA) is 76.2 Å². The first kappa shape index (κ1) is 8.93. The number of hydrogen-bond donors (Lipinski definition) is 1. The Labute approximate surface area is 80.4 Å². The number of aromatic nitrogens is 2. The molecule has 1 aliphatic carbocycles. The monoisotopic (exact) mass is 194 g/mol. The molecule has 0 saturated heterocycles. The number of carboxylic acid groups (broad SMARTS) is 1. The molecule has 1 aromatic heterocycles. The van der Waals surface area contributed by atoms with E-state index < -0.39 is 11.9 Å². The lowest BCUT2D eigenvalue weighted by Crippen LogP contribution is -2.23. The van der Waals surface area contributed by atoms with E-state index in [0.29, 0.717) is 18.7 Å². The number of hydrogen-bond acceptors (Lipinski definition) is 4. The number of carboxylic acids is 1. The molecule has 2 rings (SSSR count). The molecule has 5 nitrogen and oxygen atoms in total. The third kappa shape index (κ3) is 1.53. The third-order valence-electron chi connectivity index (χ3n) is 2.45. The molecule has 1 heterocycles. The fourth-order valence-corrected chi connectivity index (χ4v) is 1.71. The zero-order valence-electron chi connectivity index (χ0n) is 7.46. The fraction of sp³-hybridized carbons (Fsp3) is 0.444. The van der Waals surface area contributed by atoms with Crippen molar-refractivity contribution in [2.24, 2.45) is 5.92 Å². The van der Waals surface area contributed by atoms with Crippen molar-refractivity contribution in [3.05, 3.63) is 24.4 Å². The van der Waals surface area contributed by atoms with Gasteiger partial charge in [0.2, 0.25) is 5.89 Å². The summed E-state index contributed by atoms with van der Waals surface area (Å²) in [5.74, 6) is -1.01. The van der Waals surface area contributed by atoms with Crippen molar-refractivity contribution >= 4 is 5.97 Å². The molecule has 2 unspecified atom stereocenters. The van der Waals surface area contributed by atoms with E-state index in [-0.39, 0.29) is 5.92 Å². The summed E-state index contributed by atoms with van der Waals surface area (Å²) in [6.07, 6.45) is 6.31. The van der Waals surface area contributed by atoms with Gasteiger partial charge in [-0.1, -0.05) is 17.3 Å². The molecule has 1 aliphatic rings. The predicted molar refractivity (Wildman–Crippen MR) is 46.5 cm³/mol. The Morgan fingerprint density at radius 1 is 1.50 bits per heavy atom. The van der Waals surface area contributed by atoms with Crippen molar-refractivity contribution in [1.29, 1.82) is 0 Å². The van der Waals surface area contributed by atoms with Gasteiger partial charge in [0, 0.05) is 0 Å². The van der Waals surface area contributed by atoms with Crippen LogP contribution in [0.2, 0.25) is 0 Å². The van der Waals surface area contributed by atoms with Crippen LogP contribution in [0.3, 0.4) is 0 Å². The SMILES string of the molecule is O=C(O)C1CC=CCC1c1ncno1. The van der Waals surface area contributed by atoms with E-state index >= 15 is 0 Å². The first-order chi connectivity index (χ1) is 6.79. The Bertz CT molecular complexity index is 345. The minimum Gasteiger partial charge on any atom is -0.481 e. The third-order valence-corrected chi connectivity index (χ3v) is 2.45. The summed E-state index contributed by atoms with van der Waals surface area (Å²) in [6, 6.07) is 0. The van der Waals surface area contributed by atoms with Crippen LogP contribution < -0.4 is 0 Å². The quantitative estimate of drug-likeness (QED) is 0.716. The van der Waals surface area contributed by atoms with Crippen molar-refractivity contribution in [3.8, 4) is 0 Å². The van der Waals surface area contributed by atoms with Gasteiger partial charge in [-0.05, 0) is 12.8 Å². The van der Waals surface area contributed by atoms with E-state index in [4.69, 9.17) is 9.63 Å². The van der Waals surface area contributed by atoms with E-state index in [1.54, 1.807) is 0 Å². The molecule has 0 aliphatic heterocycles. The van der Waals surface area contributed by atoms with Crippen LogP contribution in [0.1, 0.15) is 24.7 Å². The van der Waals surface area contributed by atoms with Crippen molar-refractivity contribution in [2.75, 3.05) is 0 Å². The molecule has 1 N–H and O–H groups in total. The summed E-state index contributed by atoms with van der Waals surface area (Å²) in [5.41, 5.74) is 0. The fourth-order valence-electron chi connectivity index (χ4n) is 1.71. The maximum atomic E-state index is 10.9. The highest BCUT2D eigenvalue weighted by Crippen LogP contribution is 2.33. The molecule has 14 heavy (non-hydrogen) atoms. The number of carbonyl (C=O) groups is 1. The average molecular weight is 194 g/mol. The van der Waals surface area contributed by atoms with Crippen LogP contribution in [-0.4, -0.2) is 21.2 Å². The molecular formula is C9H10N2O3. The van der Waals surface area contributed by atoms with Crippen LogP contribution in [0.25, 0.3) is 0 Å². The number of aliphatic carboxylic acids is 1. The van der Waals surface area contributed by atoms with Crippen LogP contribution in [0.4, 0.5) is 0 Å². The van der Waals surface area contributed by atoms with Gasteiger partial charge in [0.25, 0.3) is 0 Å². The second-order valence-electron chi connectivity index (χ2n) is 3.27. The van der Waals surface area contributed by atoms with E-state index in [1.165, 1.54) is 6.33 Å². The van der Waals surface area contributed by atoms with Crippen LogP contribution in [0.15, 0.2) is 23.0 Å². The normalized spacial score (nSPS) is 26.3. The maximum absolute atomic E-state index is 10.9. The Morgan fingerprint density at radius 2 is 2.29 bits per heavy atom. The van der Waals surface area contributed by atoms with Crippen molar-refractivity contribution in [3.63, 3.8) is 0 Å². The average Bonchev–Trinajstić information content (AvgIpc) is 2.70. The van der Waals surface area contributed by atoms with E-state index in [0.717, 1.165) is 0 Å². The van der Waals surface area contributed by atoms with Gasteiger partial charge in [-0.25, -0.2) is 0 Å². The predicted octanol–water partition coefficient (Wildman–Crippen LogP) is 1.20. The Morgan fingerprint density at radius 3 is 2.93 bits per heavy atom. The van der Waals surface area contributed by atoms with Crippen LogP contribution >= 0.6 is 0 Å². The molecule has 74 valence electrons. The number of nitrogens with zero attached hydrogens (tertiary/aromatic N) is 2. The van der Waals surface area contributed by atoms with E-state index in [9.17, 15) is 4.79 Å². The summed E-state index contributed by atoms with van der Waals surface area (Å²) in [5, 5.41) is 12.5. The minimum atomic E-state index is -0.808. The summed E-state index contributed by atoms with van der Waals surface area (Å²) in [7, 11) is 0. The summed E-state index contributed by atoms with van der Waals surface area (Å²) in [4.78, 5) is 14.8. The second kappa shape index (κ2) is 3.61. The van der Waals surface area contributed by atoms with Crippen LogP contribution in [0.5, 0.6) is 0 Å². The first-order valence-corrected chi connectivity index (χ1v) is 4.43. The Balaban J connectivity index is 2.24. The molecule has 2 atom stereocenters. The molecule has 5 heteroatoms. The second-order valence-corrected chi connectivity index (χ2v) is 3.27. The van der Waals surface area contributed by atoms with Crippen molar-refractivity contribution in [1.82, 2.24) is 10.1 Å². The highest BCUT2D eigenvalue weighted by Gasteiger charge is 2.33. The van der Waals surface area contributed by atoms with Crippen molar-refractivity contribution < 1.29 is 14.4 Å². The standard InChI is InChI=1S/C9H10N2O3/c12-9(13)7-4-2-1-3-6(7)8-10-5-11-14-8/h1-2,5-7H,3-4H2,(H,12,13). The molecule has 0 saturated carbocycles. The lowest BCUT2D eigenvalue weighted by Gasteiger charge is -2.21. The van der Waals surface area contributed by atoms with Gasteiger partial charge in [-0.15, -0.1) is 0 Å². The zero-order chi connectivity index (χ0) is 9.97. The van der Waals surface area contributed by atoms with E-state index in [1.807, 2.05) is 12.2 Å². The van der Waals surface area contributed by atoms with E-state index in [2.05, 4.69) is 10.1 Å². The van der Waals surface area contributed by atoms with Crippen molar-refractivity contribution in [2.45, 2.75) is 18.8 Å². The smallest absolute Gasteiger partial charge is 0.307 e. The Hall–Kier alpha value is -1.65. The highest BCUT2D eigenvalue weighted by atomic mass is 16.5. The lowest BCUT2D eigenvalue weighted by atomic mass is 9.83. The Kier molecular flexibility index (Phi) is 2.30. The molecule has 0 radical (unpaired) electrons. The molecule has 0 spiro atoms. The zero-order valence-corrected chi connectivity index (χ0v) is 7.46. The number of allylic oxidation sites excluding steroid dienone is 2. The summed E-state index contributed by atoms with van der Waals surface area (Å²) < 4.78 is 4.90. The first-order valence-electron chi connectivity index (χ1n) is 4.43.